The lowest BCUT2D eigenvalue weighted by atomic mass is 9.77. The third-order valence-electron chi connectivity index (χ3n) is 3.74. The lowest BCUT2D eigenvalue weighted by molar-refractivity contribution is 0.183. The largest absolute Gasteiger partial charge is 0.396 e. The van der Waals surface area contributed by atoms with E-state index in [0.717, 1.165) is 18.3 Å². The van der Waals surface area contributed by atoms with Crippen LogP contribution in [-0.2, 0) is 0 Å². The minimum absolute atomic E-state index is 0.299. The Hall–Kier alpha value is -0.0800. The van der Waals surface area contributed by atoms with E-state index in [0.29, 0.717) is 18.7 Å². The molecule has 1 rings (SSSR count). The van der Waals surface area contributed by atoms with Crippen LogP contribution in [0, 0.1) is 11.8 Å². The van der Waals surface area contributed by atoms with Crippen LogP contribution in [0.3, 0.4) is 0 Å². The summed E-state index contributed by atoms with van der Waals surface area (Å²) in [6, 6.07) is 1.14. The highest BCUT2D eigenvalue weighted by Gasteiger charge is 2.27. The van der Waals surface area contributed by atoms with Gasteiger partial charge in [0.1, 0.15) is 0 Å². The first-order valence-corrected chi connectivity index (χ1v) is 6.52. The van der Waals surface area contributed by atoms with E-state index < -0.39 is 0 Å². The molecule has 0 radical (unpaired) electrons. The molecule has 2 nitrogen and oxygen atoms in total. The van der Waals surface area contributed by atoms with Gasteiger partial charge >= 0.3 is 0 Å². The van der Waals surface area contributed by atoms with Gasteiger partial charge in [-0.05, 0) is 38.0 Å². The van der Waals surface area contributed by atoms with Crippen molar-refractivity contribution in [1.29, 1.82) is 0 Å². The highest BCUT2D eigenvalue weighted by Crippen LogP contribution is 2.30. The fourth-order valence-electron chi connectivity index (χ4n) is 2.81. The standard InChI is InChI=1S/C13H27NO/c1-10(2)12-6-4-5-7-13(12)14-11(3)8-9-15/h10-15H,4-9H2,1-3H3. The number of nitrogens with one attached hydrogen (secondary N) is 1. The SMILES string of the molecule is CC(CCO)NC1CCCCC1C(C)C. The molecule has 15 heavy (non-hydrogen) atoms. The molecule has 0 saturated heterocycles. The first kappa shape index (κ1) is 13.0. The molecule has 3 unspecified atom stereocenters. The van der Waals surface area contributed by atoms with E-state index in [4.69, 9.17) is 5.11 Å². The molecule has 0 spiro atoms. The fraction of sp³-hybridized carbons (Fsp3) is 1.00. The molecule has 0 aromatic heterocycles. The second-order valence-electron chi connectivity index (χ2n) is 5.38. The maximum atomic E-state index is 8.90. The lowest BCUT2D eigenvalue weighted by Crippen LogP contribution is -2.45. The van der Waals surface area contributed by atoms with Crippen LogP contribution < -0.4 is 5.32 Å². The quantitative estimate of drug-likeness (QED) is 0.735. The van der Waals surface area contributed by atoms with Gasteiger partial charge in [0.2, 0.25) is 0 Å². The fourth-order valence-corrected chi connectivity index (χ4v) is 2.81. The molecule has 0 amide bonds. The van der Waals surface area contributed by atoms with E-state index in [1.165, 1.54) is 25.7 Å². The number of hydrogen-bond donors (Lipinski definition) is 2. The van der Waals surface area contributed by atoms with Crippen molar-refractivity contribution >= 4 is 0 Å². The van der Waals surface area contributed by atoms with Gasteiger partial charge in [-0.25, -0.2) is 0 Å². The van der Waals surface area contributed by atoms with E-state index in [1.807, 2.05) is 0 Å². The minimum atomic E-state index is 0.299. The van der Waals surface area contributed by atoms with Crippen molar-refractivity contribution in [3.63, 3.8) is 0 Å². The number of rotatable bonds is 5. The van der Waals surface area contributed by atoms with Gasteiger partial charge in [0.25, 0.3) is 0 Å². The molecule has 3 atom stereocenters. The molecule has 90 valence electrons. The first-order valence-electron chi connectivity index (χ1n) is 6.52. The molecule has 0 aromatic rings. The number of hydrogen-bond acceptors (Lipinski definition) is 2. The summed E-state index contributed by atoms with van der Waals surface area (Å²) >= 11 is 0. The van der Waals surface area contributed by atoms with Gasteiger partial charge < -0.3 is 10.4 Å². The molecule has 1 saturated carbocycles. The van der Waals surface area contributed by atoms with Crippen molar-refractivity contribution in [3.8, 4) is 0 Å². The molecular weight excluding hydrogens is 186 g/mol. The highest BCUT2D eigenvalue weighted by atomic mass is 16.3. The average Bonchev–Trinajstić information content (AvgIpc) is 2.18. The summed E-state index contributed by atoms with van der Waals surface area (Å²) in [6.07, 6.45) is 6.34. The third kappa shape index (κ3) is 4.12. The van der Waals surface area contributed by atoms with Crippen LogP contribution in [0.1, 0.15) is 52.9 Å². The van der Waals surface area contributed by atoms with Crippen molar-refractivity contribution in [1.82, 2.24) is 5.32 Å². The predicted molar refractivity (Wildman–Crippen MR) is 64.9 cm³/mol. The van der Waals surface area contributed by atoms with Crippen LogP contribution in [0.2, 0.25) is 0 Å². The molecule has 0 aliphatic heterocycles. The third-order valence-corrected chi connectivity index (χ3v) is 3.74. The van der Waals surface area contributed by atoms with Gasteiger partial charge in [0.05, 0.1) is 0 Å². The van der Waals surface area contributed by atoms with Gasteiger partial charge in [-0.1, -0.05) is 26.7 Å². The maximum absolute atomic E-state index is 8.90. The molecule has 1 aliphatic rings. The Labute approximate surface area is 94.5 Å². The van der Waals surface area contributed by atoms with Crippen LogP contribution in [-0.4, -0.2) is 23.8 Å². The zero-order valence-electron chi connectivity index (χ0n) is 10.5. The Balaban J connectivity index is 2.42. The van der Waals surface area contributed by atoms with Gasteiger partial charge in [0.15, 0.2) is 0 Å². The van der Waals surface area contributed by atoms with E-state index in [1.54, 1.807) is 0 Å². The van der Waals surface area contributed by atoms with Gasteiger partial charge in [-0.15, -0.1) is 0 Å². The summed E-state index contributed by atoms with van der Waals surface area (Å²) in [5.74, 6) is 1.61. The molecule has 2 heteroatoms. The number of aliphatic hydroxyl groups is 1. The zero-order valence-corrected chi connectivity index (χ0v) is 10.5. The number of aliphatic hydroxyl groups excluding tert-OH is 1. The Morgan fingerprint density at radius 1 is 1.20 bits per heavy atom. The van der Waals surface area contributed by atoms with E-state index in [2.05, 4.69) is 26.1 Å². The summed E-state index contributed by atoms with van der Waals surface area (Å²) in [4.78, 5) is 0. The molecule has 0 aromatic carbocycles. The first-order chi connectivity index (χ1) is 7.15. The van der Waals surface area contributed by atoms with E-state index in [-0.39, 0.29) is 0 Å². The second-order valence-corrected chi connectivity index (χ2v) is 5.38. The topological polar surface area (TPSA) is 32.3 Å². The minimum Gasteiger partial charge on any atom is -0.396 e. The molecule has 1 aliphatic carbocycles. The molecule has 2 N–H and O–H groups in total. The summed E-state index contributed by atoms with van der Waals surface area (Å²) in [5, 5.41) is 12.6. The van der Waals surface area contributed by atoms with Crippen molar-refractivity contribution in [2.24, 2.45) is 11.8 Å². The molecule has 0 heterocycles. The van der Waals surface area contributed by atoms with Crippen molar-refractivity contribution in [2.75, 3.05) is 6.61 Å². The Kier molecular flexibility index (Phi) is 5.62. The van der Waals surface area contributed by atoms with Gasteiger partial charge in [-0.3, -0.25) is 0 Å². The monoisotopic (exact) mass is 213 g/mol. The van der Waals surface area contributed by atoms with E-state index in [9.17, 15) is 0 Å². The summed E-state index contributed by atoms with van der Waals surface area (Å²) in [5.41, 5.74) is 0. The van der Waals surface area contributed by atoms with Crippen LogP contribution in [0.15, 0.2) is 0 Å². The van der Waals surface area contributed by atoms with Gasteiger partial charge in [-0.2, -0.15) is 0 Å². The maximum Gasteiger partial charge on any atom is 0.0445 e. The highest BCUT2D eigenvalue weighted by molar-refractivity contribution is 4.84. The molecule has 0 bridgehead atoms. The Morgan fingerprint density at radius 2 is 1.87 bits per heavy atom. The van der Waals surface area contributed by atoms with Crippen LogP contribution >= 0.6 is 0 Å². The molecule has 1 fully saturated rings. The second kappa shape index (κ2) is 6.49. The van der Waals surface area contributed by atoms with Crippen molar-refractivity contribution in [3.05, 3.63) is 0 Å². The summed E-state index contributed by atoms with van der Waals surface area (Å²) in [7, 11) is 0. The smallest absolute Gasteiger partial charge is 0.0445 e. The summed E-state index contributed by atoms with van der Waals surface area (Å²) in [6.45, 7) is 7.15. The molecular formula is C13H27NO. The average molecular weight is 213 g/mol. The zero-order chi connectivity index (χ0) is 11.3. The Morgan fingerprint density at radius 3 is 2.47 bits per heavy atom. The van der Waals surface area contributed by atoms with Crippen LogP contribution in [0.25, 0.3) is 0 Å². The van der Waals surface area contributed by atoms with Gasteiger partial charge in [0, 0.05) is 18.7 Å². The Bertz CT molecular complexity index is 170. The lowest BCUT2D eigenvalue weighted by Gasteiger charge is -2.36. The van der Waals surface area contributed by atoms with Crippen molar-refractivity contribution < 1.29 is 5.11 Å². The van der Waals surface area contributed by atoms with E-state index >= 15 is 0 Å². The normalized spacial score (nSPS) is 29.4. The van der Waals surface area contributed by atoms with Crippen molar-refractivity contribution in [2.45, 2.75) is 65.0 Å². The predicted octanol–water partition coefficient (Wildman–Crippen LogP) is 2.56. The van der Waals surface area contributed by atoms with Crippen LogP contribution in [0.5, 0.6) is 0 Å². The summed E-state index contributed by atoms with van der Waals surface area (Å²) < 4.78 is 0. The van der Waals surface area contributed by atoms with Crippen LogP contribution in [0.4, 0.5) is 0 Å².